The topological polar surface area (TPSA) is 35.2 Å². The number of hydrogen-bond donors (Lipinski definition) is 1. The molecule has 2 N–H and O–H groups in total. The van der Waals surface area contributed by atoms with E-state index in [0.717, 1.165) is 23.4 Å². The second kappa shape index (κ2) is 6.35. The average molecular weight is 289 g/mol. The van der Waals surface area contributed by atoms with Gasteiger partial charge in [0.15, 0.2) is 0 Å². The Bertz CT molecular complexity index is 737. The smallest absolute Gasteiger partial charge is 0.118 e. The average Bonchev–Trinajstić information content (AvgIpc) is 2.56. The minimum atomic E-state index is 0.771. The lowest BCUT2D eigenvalue weighted by Gasteiger charge is -2.17. The zero-order valence-electron chi connectivity index (χ0n) is 12.6. The first-order valence-corrected chi connectivity index (χ1v) is 7.33. The van der Waals surface area contributed by atoms with Crippen LogP contribution in [0.3, 0.4) is 0 Å². The summed E-state index contributed by atoms with van der Waals surface area (Å²) in [5.74, 6) is 0.865. The van der Waals surface area contributed by atoms with Crippen molar-refractivity contribution in [3.05, 3.63) is 89.1 Å². The van der Waals surface area contributed by atoms with Crippen molar-refractivity contribution in [2.75, 3.05) is 7.11 Å². The van der Waals surface area contributed by atoms with Gasteiger partial charge in [0.25, 0.3) is 0 Å². The van der Waals surface area contributed by atoms with E-state index < -0.39 is 0 Å². The molecule has 1 aliphatic carbocycles. The van der Waals surface area contributed by atoms with Crippen LogP contribution >= 0.6 is 0 Å². The number of ether oxygens (including phenoxy) is 1. The zero-order chi connectivity index (χ0) is 15.4. The van der Waals surface area contributed by atoms with Crippen molar-refractivity contribution in [2.24, 2.45) is 5.73 Å². The molecule has 0 radical (unpaired) electrons. The molecule has 0 atom stereocenters. The maximum absolute atomic E-state index is 6.02. The fraction of sp³-hybridized carbons (Fsp3) is 0.100. The predicted octanol–water partition coefficient (Wildman–Crippen LogP) is 4.41. The highest BCUT2D eigenvalue weighted by Crippen LogP contribution is 2.32. The van der Waals surface area contributed by atoms with Crippen LogP contribution in [0.4, 0.5) is 0 Å². The van der Waals surface area contributed by atoms with E-state index in [1.807, 2.05) is 24.3 Å². The summed E-state index contributed by atoms with van der Waals surface area (Å²) >= 11 is 0. The van der Waals surface area contributed by atoms with Crippen molar-refractivity contribution >= 4 is 11.6 Å². The Morgan fingerprint density at radius 1 is 0.955 bits per heavy atom. The van der Waals surface area contributed by atoms with Crippen LogP contribution < -0.4 is 10.5 Å². The number of nitrogens with two attached hydrogens (primary N) is 1. The largest absolute Gasteiger partial charge is 0.497 e. The number of hydrogen-bond acceptors (Lipinski definition) is 2. The van der Waals surface area contributed by atoms with Gasteiger partial charge in [-0.1, -0.05) is 54.6 Å². The molecular weight excluding hydrogens is 270 g/mol. The molecule has 3 rings (SSSR count). The van der Waals surface area contributed by atoms with Crippen LogP contribution in [-0.4, -0.2) is 7.11 Å². The molecule has 0 spiro atoms. The Hall–Kier alpha value is -2.74. The Labute approximate surface area is 131 Å². The summed E-state index contributed by atoms with van der Waals surface area (Å²) in [6.07, 6.45) is 7.06. The molecule has 22 heavy (non-hydrogen) atoms. The third kappa shape index (κ3) is 3.12. The molecule has 0 amide bonds. The van der Waals surface area contributed by atoms with Crippen molar-refractivity contribution in [1.29, 1.82) is 0 Å². The van der Waals surface area contributed by atoms with Gasteiger partial charge in [-0.15, -0.1) is 0 Å². The van der Waals surface area contributed by atoms with Crippen LogP contribution in [0.25, 0.3) is 11.6 Å². The second-order valence-electron chi connectivity index (χ2n) is 5.31. The molecule has 2 aromatic carbocycles. The van der Waals surface area contributed by atoms with Gasteiger partial charge in [0.05, 0.1) is 7.11 Å². The molecule has 0 aromatic heterocycles. The first-order valence-electron chi connectivity index (χ1n) is 7.33. The van der Waals surface area contributed by atoms with Gasteiger partial charge in [-0.3, -0.25) is 0 Å². The van der Waals surface area contributed by atoms with E-state index in [1.54, 1.807) is 7.11 Å². The first-order chi connectivity index (χ1) is 10.8. The van der Waals surface area contributed by atoms with Crippen molar-refractivity contribution in [1.82, 2.24) is 0 Å². The van der Waals surface area contributed by atoms with Crippen LogP contribution in [0.5, 0.6) is 5.75 Å². The highest BCUT2D eigenvalue weighted by molar-refractivity contribution is 5.87. The van der Waals surface area contributed by atoms with Gasteiger partial charge in [-0.05, 0) is 40.5 Å². The monoisotopic (exact) mass is 289 g/mol. The Morgan fingerprint density at radius 2 is 1.68 bits per heavy atom. The number of allylic oxidation sites excluding steroid dienone is 4. The van der Waals surface area contributed by atoms with Gasteiger partial charge in [0.1, 0.15) is 5.75 Å². The highest BCUT2D eigenvalue weighted by atomic mass is 16.5. The lowest BCUT2D eigenvalue weighted by molar-refractivity contribution is 0.415. The van der Waals surface area contributed by atoms with Crippen molar-refractivity contribution < 1.29 is 4.74 Å². The predicted molar refractivity (Wildman–Crippen MR) is 92.3 cm³/mol. The van der Waals surface area contributed by atoms with E-state index in [-0.39, 0.29) is 0 Å². The van der Waals surface area contributed by atoms with Gasteiger partial charge in [0, 0.05) is 12.1 Å². The van der Waals surface area contributed by atoms with Crippen molar-refractivity contribution in [2.45, 2.75) is 6.42 Å². The summed E-state index contributed by atoms with van der Waals surface area (Å²) in [7, 11) is 1.68. The fourth-order valence-electron chi connectivity index (χ4n) is 2.60. The maximum atomic E-state index is 6.02. The summed E-state index contributed by atoms with van der Waals surface area (Å²) in [6.45, 7) is 0. The molecular formula is C20H19NO. The van der Waals surface area contributed by atoms with Crippen LogP contribution in [0, 0.1) is 0 Å². The molecule has 0 unspecified atom stereocenters. The summed E-state index contributed by atoms with van der Waals surface area (Å²) in [5.41, 5.74) is 11.7. The molecule has 2 aromatic rings. The Balaban J connectivity index is 1.98. The summed E-state index contributed by atoms with van der Waals surface area (Å²) in [6, 6.07) is 18.5. The van der Waals surface area contributed by atoms with Gasteiger partial charge in [-0.25, -0.2) is 0 Å². The van der Waals surface area contributed by atoms with E-state index in [4.69, 9.17) is 10.5 Å². The number of methoxy groups -OCH3 is 1. The highest BCUT2D eigenvalue weighted by Gasteiger charge is 2.12. The van der Waals surface area contributed by atoms with Gasteiger partial charge < -0.3 is 10.5 Å². The normalized spacial score (nSPS) is 16.1. The minimum absolute atomic E-state index is 0.771. The maximum Gasteiger partial charge on any atom is 0.118 e. The van der Waals surface area contributed by atoms with Gasteiger partial charge >= 0.3 is 0 Å². The molecule has 0 saturated carbocycles. The number of benzene rings is 2. The zero-order valence-corrected chi connectivity index (χ0v) is 12.6. The molecule has 2 heteroatoms. The summed E-state index contributed by atoms with van der Waals surface area (Å²) in [4.78, 5) is 0. The molecule has 0 heterocycles. The second-order valence-corrected chi connectivity index (χ2v) is 5.31. The first kappa shape index (κ1) is 14.2. The molecule has 0 fully saturated rings. The van der Waals surface area contributed by atoms with Crippen LogP contribution in [0.1, 0.15) is 17.5 Å². The SMILES string of the molecule is COc1ccc(C=C2CC(N)=CC=C2c2ccccc2)cc1. The molecule has 0 bridgehead atoms. The van der Waals surface area contributed by atoms with Crippen LogP contribution in [0.2, 0.25) is 0 Å². The summed E-state index contributed by atoms with van der Waals surface area (Å²) < 4.78 is 5.21. The van der Waals surface area contributed by atoms with Crippen LogP contribution in [0.15, 0.2) is 78.0 Å². The summed E-state index contributed by atoms with van der Waals surface area (Å²) in [5, 5.41) is 0. The van der Waals surface area contributed by atoms with E-state index in [2.05, 4.69) is 48.6 Å². The molecule has 0 saturated heterocycles. The van der Waals surface area contributed by atoms with Gasteiger partial charge in [-0.2, -0.15) is 0 Å². The lowest BCUT2D eigenvalue weighted by atomic mass is 9.89. The molecule has 1 aliphatic rings. The van der Waals surface area contributed by atoms with E-state index in [1.165, 1.54) is 16.7 Å². The third-order valence-electron chi connectivity index (χ3n) is 3.75. The van der Waals surface area contributed by atoms with Crippen LogP contribution in [-0.2, 0) is 0 Å². The molecule has 0 aliphatic heterocycles. The fourth-order valence-corrected chi connectivity index (χ4v) is 2.60. The standard InChI is InChI=1S/C20H19NO/c1-22-19-10-7-15(8-11-19)13-17-14-18(21)9-12-20(17)16-5-3-2-4-6-16/h2-13H,14,21H2,1H3. The Morgan fingerprint density at radius 3 is 2.36 bits per heavy atom. The van der Waals surface area contributed by atoms with E-state index in [9.17, 15) is 0 Å². The lowest BCUT2D eigenvalue weighted by Crippen LogP contribution is -2.04. The Kier molecular flexibility index (Phi) is 4.10. The third-order valence-corrected chi connectivity index (χ3v) is 3.75. The van der Waals surface area contributed by atoms with Crippen molar-refractivity contribution in [3.63, 3.8) is 0 Å². The quantitative estimate of drug-likeness (QED) is 0.908. The van der Waals surface area contributed by atoms with Crippen molar-refractivity contribution in [3.8, 4) is 5.75 Å². The van der Waals surface area contributed by atoms with E-state index >= 15 is 0 Å². The van der Waals surface area contributed by atoms with E-state index in [0.29, 0.717) is 0 Å². The number of rotatable bonds is 3. The molecule has 110 valence electrons. The minimum Gasteiger partial charge on any atom is -0.497 e. The van der Waals surface area contributed by atoms with Gasteiger partial charge in [0.2, 0.25) is 0 Å². The molecule has 2 nitrogen and oxygen atoms in total.